The first-order valence-corrected chi connectivity index (χ1v) is 11.2. The van der Waals surface area contributed by atoms with E-state index in [1.54, 1.807) is 0 Å². The Morgan fingerprint density at radius 3 is 1.72 bits per heavy atom. The zero-order valence-corrected chi connectivity index (χ0v) is 19.1. The second kappa shape index (κ2) is 8.30. The monoisotopic (exact) mass is 406 g/mol. The van der Waals surface area contributed by atoms with Gasteiger partial charge in [0, 0.05) is 16.4 Å². The van der Waals surface area contributed by atoms with E-state index in [2.05, 4.69) is 77.9 Å². The highest BCUT2D eigenvalue weighted by Gasteiger charge is 2.28. The second-order valence-electron chi connectivity index (χ2n) is 9.46. The molecule has 1 atom stereocenters. The number of hydrogen-bond donors (Lipinski definition) is 1. The summed E-state index contributed by atoms with van der Waals surface area (Å²) in [5.74, 6) is 0.811. The highest BCUT2D eigenvalue weighted by molar-refractivity contribution is 7.55. The molecule has 0 radical (unpaired) electrons. The molecule has 0 heterocycles. The molecule has 0 fully saturated rings. The van der Waals surface area contributed by atoms with E-state index in [0.717, 1.165) is 33.3 Å². The summed E-state index contributed by atoms with van der Waals surface area (Å²) in [7, 11) is -1.79. The van der Waals surface area contributed by atoms with E-state index in [4.69, 9.17) is 4.52 Å². The van der Waals surface area contributed by atoms with Gasteiger partial charge in [-0.2, -0.15) is 0 Å². The normalized spacial score (nSPS) is 13.2. The van der Waals surface area contributed by atoms with Crippen molar-refractivity contribution in [3.05, 3.63) is 83.9 Å². The minimum atomic E-state index is -1.79. The van der Waals surface area contributed by atoms with Crippen LogP contribution in [-0.4, -0.2) is 4.89 Å². The smallest absolute Gasteiger partial charge is 0.262 e. The van der Waals surface area contributed by atoms with Crippen LogP contribution in [0.25, 0.3) is 11.1 Å². The molecule has 152 valence electrons. The third-order valence-electron chi connectivity index (χ3n) is 4.98. The van der Waals surface area contributed by atoms with Crippen LogP contribution in [0.15, 0.2) is 72.8 Å². The number of hydrogen-bond acceptors (Lipinski definition) is 2. The lowest BCUT2D eigenvalue weighted by Gasteiger charge is -2.30. The van der Waals surface area contributed by atoms with Gasteiger partial charge in [-0.05, 0) is 34.1 Å². The Kier molecular flexibility index (Phi) is 6.17. The van der Waals surface area contributed by atoms with Crippen molar-refractivity contribution in [2.75, 3.05) is 0 Å². The fourth-order valence-corrected chi connectivity index (χ4v) is 4.33. The maximum Gasteiger partial charge on any atom is 0.262 e. The fraction of sp³-hybridized carbons (Fsp3) is 0.308. The lowest BCUT2D eigenvalue weighted by Crippen LogP contribution is -2.19. The average molecular weight is 407 g/mol. The van der Waals surface area contributed by atoms with Crippen molar-refractivity contribution < 1.29 is 9.42 Å². The standard InChI is InChI=1S/C26H31O2P/c1-25(2,3)22-16-11-17-23(26(4,5)6)24(22)28-29(27)21-15-10-14-20(18-21)19-12-8-7-9-13-19/h7-18,27H,1-6H3. The molecule has 3 heteroatoms. The lowest BCUT2D eigenvalue weighted by molar-refractivity contribution is 0.460. The van der Waals surface area contributed by atoms with Gasteiger partial charge in [-0.25, -0.2) is 0 Å². The molecule has 3 rings (SSSR count). The molecular formula is C26H31O2P. The van der Waals surface area contributed by atoms with E-state index in [-0.39, 0.29) is 10.8 Å². The van der Waals surface area contributed by atoms with Crippen molar-refractivity contribution in [2.45, 2.75) is 52.4 Å². The van der Waals surface area contributed by atoms with Crippen LogP contribution in [0, 0.1) is 0 Å². The van der Waals surface area contributed by atoms with Gasteiger partial charge in [-0.3, -0.25) is 0 Å². The van der Waals surface area contributed by atoms with Crippen LogP contribution < -0.4 is 9.83 Å². The predicted molar refractivity (Wildman–Crippen MR) is 125 cm³/mol. The largest absolute Gasteiger partial charge is 0.443 e. The predicted octanol–water partition coefficient (Wildman–Crippen LogP) is 6.96. The first-order valence-electron chi connectivity index (χ1n) is 10.0. The van der Waals surface area contributed by atoms with E-state index < -0.39 is 8.38 Å². The van der Waals surface area contributed by atoms with Gasteiger partial charge in [0.25, 0.3) is 8.38 Å². The fourth-order valence-electron chi connectivity index (χ4n) is 3.39. The quantitative estimate of drug-likeness (QED) is 0.475. The van der Waals surface area contributed by atoms with E-state index in [1.165, 1.54) is 0 Å². The second-order valence-corrected chi connectivity index (χ2v) is 10.7. The summed E-state index contributed by atoms with van der Waals surface area (Å²) < 4.78 is 6.33. The summed E-state index contributed by atoms with van der Waals surface area (Å²) in [6, 6.07) is 24.5. The van der Waals surface area contributed by atoms with Gasteiger partial charge in [0.2, 0.25) is 0 Å². The molecule has 0 saturated heterocycles. The lowest BCUT2D eigenvalue weighted by atomic mass is 9.80. The Hall–Kier alpha value is -2.15. The van der Waals surface area contributed by atoms with Crippen LogP contribution in [0.5, 0.6) is 5.75 Å². The Balaban J connectivity index is 2.00. The summed E-state index contributed by atoms with van der Waals surface area (Å²) in [6.07, 6.45) is 0. The minimum Gasteiger partial charge on any atom is -0.443 e. The van der Waals surface area contributed by atoms with E-state index in [1.807, 2.05) is 36.4 Å². The Labute approximate surface area is 176 Å². The summed E-state index contributed by atoms with van der Waals surface area (Å²) in [6.45, 7) is 13.1. The zero-order chi connectivity index (χ0) is 21.2. The molecule has 2 nitrogen and oxygen atoms in total. The van der Waals surface area contributed by atoms with Crippen molar-refractivity contribution in [2.24, 2.45) is 0 Å². The van der Waals surface area contributed by atoms with Crippen LogP contribution in [-0.2, 0) is 10.8 Å². The molecule has 0 aliphatic heterocycles. The first-order chi connectivity index (χ1) is 13.6. The Bertz CT molecular complexity index is 934. The van der Waals surface area contributed by atoms with Crippen molar-refractivity contribution in [1.29, 1.82) is 0 Å². The van der Waals surface area contributed by atoms with Crippen molar-refractivity contribution in [1.82, 2.24) is 0 Å². The van der Waals surface area contributed by atoms with Gasteiger partial charge >= 0.3 is 0 Å². The highest BCUT2D eigenvalue weighted by Crippen LogP contribution is 2.45. The van der Waals surface area contributed by atoms with Gasteiger partial charge in [-0.15, -0.1) is 0 Å². The number of para-hydroxylation sites is 1. The molecule has 3 aromatic carbocycles. The molecule has 1 N–H and O–H groups in total. The van der Waals surface area contributed by atoms with Gasteiger partial charge in [0.1, 0.15) is 5.75 Å². The van der Waals surface area contributed by atoms with Crippen LogP contribution in [0.3, 0.4) is 0 Å². The van der Waals surface area contributed by atoms with E-state index in [9.17, 15) is 4.89 Å². The third kappa shape index (κ3) is 5.07. The van der Waals surface area contributed by atoms with Crippen molar-refractivity contribution >= 4 is 13.7 Å². The Morgan fingerprint density at radius 2 is 1.17 bits per heavy atom. The molecule has 0 spiro atoms. The van der Waals surface area contributed by atoms with E-state index >= 15 is 0 Å². The summed E-state index contributed by atoms with van der Waals surface area (Å²) in [4.78, 5) is 11.1. The molecule has 1 unspecified atom stereocenters. The van der Waals surface area contributed by atoms with Gasteiger partial charge in [0.15, 0.2) is 0 Å². The molecular weight excluding hydrogens is 375 g/mol. The highest BCUT2D eigenvalue weighted by atomic mass is 31.2. The summed E-state index contributed by atoms with van der Waals surface area (Å²) >= 11 is 0. The topological polar surface area (TPSA) is 29.5 Å². The van der Waals surface area contributed by atoms with Crippen LogP contribution in [0.2, 0.25) is 0 Å². The van der Waals surface area contributed by atoms with Gasteiger partial charge < -0.3 is 9.42 Å². The molecule has 29 heavy (non-hydrogen) atoms. The summed E-state index contributed by atoms with van der Waals surface area (Å²) in [5, 5.41) is 0.810. The molecule has 0 saturated carbocycles. The zero-order valence-electron chi connectivity index (χ0n) is 18.2. The van der Waals surface area contributed by atoms with Crippen LogP contribution >= 0.6 is 8.38 Å². The first kappa shape index (κ1) is 21.6. The number of rotatable bonds is 4. The van der Waals surface area contributed by atoms with Crippen LogP contribution in [0.4, 0.5) is 0 Å². The van der Waals surface area contributed by atoms with Crippen molar-refractivity contribution in [3.63, 3.8) is 0 Å². The average Bonchev–Trinajstić information content (AvgIpc) is 2.67. The molecule has 0 bridgehead atoms. The maximum absolute atomic E-state index is 11.1. The van der Waals surface area contributed by atoms with Gasteiger partial charge in [-0.1, -0.05) is 102 Å². The molecule has 0 aliphatic rings. The number of benzene rings is 3. The summed E-state index contributed by atoms with van der Waals surface area (Å²) in [5.41, 5.74) is 4.27. The van der Waals surface area contributed by atoms with Crippen LogP contribution in [0.1, 0.15) is 52.7 Å². The molecule has 3 aromatic rings. The SMILES string of the molecule is CC(C)(C)c1cccc(C(C)(C)C)c1OP(O)c1cccc(-c2ccccc2)c1. The molecule has 0 aromatic heterocycles. The van der Waals surface area contributed by atoms with E-state index in [0.29, 0.717) is 0 Å². The third-order valence-corrected chi connectivity index (χ3v) is 6.06. The molecule has 0 aliphatic carbocycles. The Morgan fingerprint density at radius 1 is 0.655 bits per heavy atom. The molecule has 0 amide bonds. The van der Waals surface area contributed by atoms with Gasteiger partial charge in [0.05, 0.1) is 0 Å². The maximum atomic E-state index is 11.1. The minimum absolute atomic E-state index is 0.0847. The van der Waals surface area contributed by atoms with Crippen molar-refractivity contribution in [3.8, 4) is 16.9 Å².